The maximum Gasteiger partial charge on any atom is 0.237 e. The molecule has 122 valence electrons. The van der Waals surface area contributed by atoms with Crippen LogP contribution in [0.4, 0.5) is 0 Å². The third-order valence-corrected chi connectivity index (χ3v) is 3.23. The summed E-state index contributed by atoms with van der Waals surface area (Å²) in [6, 6.07) is 4.64. The summed E-state index contributed by atoms with van der Waals surface area (Å²) in [5, 5.41) is 12.4. The molecule has 0 aliphatic carbocycles. The standard InChI is InChI=1S/C15H22N2O5/c1-2-3-12(16)15(19)17-7-10(18)8-20-11-4-5-13-14(6-11)22-9-21-13/h4-6,10,12,18H,2-3,7-9,16H2,1H3,(H,17,19). The molecule has 1 heterocycles. The Morgan fingerprint density at radius 1 is 1.45 bits per heavy atom. The SMILES string of the molecule is CCCC(N)C(=O)NCC(O)COc1ccc2c(c1)OCO2. The smallest absolute Gasteiger partial charge is 0.237 e. The van der Waals surface area contributed by atoms with Crippen molar-refractivity contribution in [2.75, 3.05) is 19.9 Å². The number of ether oxygens (including phenoxy) is 3. The van der Waals surface area contributed by atoms with E-state index in [1.54, 1.807) is 18.2 Å². The molecule has 0 saturated heterocycles. The first-order chi connectivity index (χ1) is 10.6. The highest BCUT2D eigenvalue weighted by Gasteiger charge is 2.16. The molecule has 2 atom stereocenters. The summed E-state index contributed by atoms with van der Waals surface area (Å²) in [5.74, 6) is 1.59. The van der Waals surface area contributed by atoms with E-state index in [0.717, 1.165) is 6.42 Å². The number of rotatable bonds is 8. The van der Waals surface area contributed by atoms with Crippen LogP contribution in [0.2, 0.25) is 0 Å². The lowest BCUT2D eigenvalue weighted by Crippen LogP contribution is -2.44. The van der Waals surface area contributed by atoms with Gasteiger partial charge < -0.3 is 30.4 Å². The lowest BCUT2D eigenvalue weighted by molar-refractivity contribution is -0.123. The number of carbonyl (C=O) groups excluding carboxylic acids is 1. The maximum absolute atomic E-state index is 11.6. The van der Waals surface area contributed by atoms with E-state index in [4.69, 9.17) is 19.9 Å². The minimum absolute atomic E-state index is 0.0585. The van der Waals surface area contributed by atoms with E-state index in [0.29, 0.717) is 23.7 Å². The van der Waals surface area contributed by atoms with Crippen molar-refractivity contribution >= 4 is 5.91 Å². The number of nitrogens with two attached hydrogens (primary N) is 1. The number of amides is 1. The number of hydrogen-bond donors (Lipinski definition) is 3. The summed E-state index contributed by atoms with van der Waals surface area (Å²) in [6.07, 6.45) is 0.642. The van der Waals surface area contributed by atoms with Gasteiger partial charge in [0.1, 0.15) is 18.5 Å². The lowest BCUT2D eigenvalue weighted by atomic mass is 10.1. The van der Waals surface area contributed by atoms with Crippen LogP contribution in [0.3, 0.4) is 0 Å². The molecule has 1 aromatic rings. The second kappa shape index (κ2) is 7.86. The molecule has 4 N–H and O–H groups in total. The Kier molecular flexibility index (Phi) is 5.85. The number of aliphatic hydroxyl groups excluding tert-OH is 1. The van der Waals surface area contributed by atoms with Gasteiger partial charge >= 0.3 is 0 Å². The zero-order valence-corrected chi connectivity index (χ0v) is 12.6. The van der Waals surface area contributed by atoms with Crippen molar-refractivity contribution in [1.29, 1.82) is 0 Å². The molecule has 1 amide bonds. The van der Waals surface area contributed by atoms with Crippen molar-refractivity contribution in [1.82, 2.24) is 5.32 Å². The van der Waals surface area contributed by atoms with Crippen molar-refractivity contribution in [3.05, 3.63) is 18.2 Å². The maximum atomic E-state index is 11.6. The Balaban J connectivity index is 1.71. The average Bonchev–Trinajstić information content (AvgIpc) is 2.98. The van der Waals surface area contributed by atoms with E-state index in [9.17, 15) is 9.90 Å². The van der Waals surface area contributed by atoms with Crippen molar-refractivity contribution < 1.29 is 24.1 Å². The van der Waals surface area contributed by atoms with Gasteiger partial charge in [0.05, 0.1) is 6.04 Å². The van der Waals surface area contributed by atoms with E-state index >= 15 is 0 Å². The normalized spacial score (nSPS) is 15.2. The fourth-order valence-corrected chi connectivity index (χ4v) is 2.01. The summed E-state index contributed by atoms with van der Waals surface area (Å²) in [4.78, 5) is 11.6. The van der Waals surface area contributed by atoms with Gasteiger partial charge in [-0.05, 0) is 18.6 Å². The van der Waals surface area contributed by atoms with Gasteiger partial charge in [-0.3, -0.25) is 4.79 Å². The molecule has 1 aliphatic heterocycles. The fourth-order valence-electron chi connectivity index (χ4n) is 2.01. The van der Waals surface area contributed by atoms with Gasteiger partial charge in [0.15, 0.2) is 11.5 Å². The third kappa shape index (κ3) is 4.51. The second-order valence-corrected chi connectivity index (χ2v) is 5.12. The number of carbonyl (C=O) groups is 1. The summed E-state index contributed by atoms with van der Waals surface area (Å²) in [5.41, 5.74) is 5.68. The molecule has 0 aromatic heterocycles. The van der Waals surface area contributed by atoms with Gasteiger partial charge in [0.25, 0.3) is 0 Å². The molecule has 0 saturated carbocycles. The zero-order valence-electron chi connectivity index (χ0n) is 12.6. The van der Waals surface area contributed by atoms with E-state index in [2.05, 4.69) is 5.32 Å². The predicted octanol–water partition coefficient (Wildman–Crippen LogP) is 0.399. The van der Waals surface area contributed by atoms with Crippen LogP contribution in [0.15, 0.2) is 18.2 Å². The highest BCUT2D eigenvalue weighted by atomic mass is 16.7. The highest BCUT2D eigenvalue weighted by Crippen LogP contribution is 2.35. The van der Waals surface area contributed by atoms with Gasteiger partial charge in [0.2, 0.25) is 12.7 Å². The minimum Gasteiger partial charge on any atom is -0.491 e. The zero-order chi connectivity index (χ0) is 15.9. The molecule has 2 unspecified atom stereocenters. The second-order valence-electron chi connectivity index (χ2n) is 5.12. The van der Waals surface area contributed by atoms with Gasteiger partial charge in [-0.15, -0.1) is 0 Å². The van der Waals surface area contributed by atoms with Crippen LogP contribution in [0.25, 0.3) is 0 Å². The number of nitrogens with one attached hydrogen (secondary N) is 1. The molecule has 7 heteroatoms. The van der Waals surface area contributed by atoms with Crippen molar-refractivity contribution in [3.63, 3.8) is 0 Å². The minimum atomic E-state index is -0.816. The van der Waals surface area contributed by atoms with Crippen molar-refractivity contribution in [2.24, 2.45) is 5.73 Å². The average molecular weight is 310 g/mol. The predicted molar refractivity (Wildman–Crippen MR) is 80.0 cm³/mol. The Morgan fingerprint density at radius 2 is 2.23 bits per heavy atom. The number of aliphatic hydroxyl groups is 1. The first kappa shape index (κ1) is 16.4. The molecule has 2 rings (SSSR count). The number of benzene rings is 1. The molecule has 7 nitrogen and oxygen atoms in total. The van der Waals surface area contributed by atoms with Crippen LogP contribution in [0, 0.1) is 0 Å². The Morgan fingerprint density at radius 3 is 3.00 bits per heavy atom. The Labute approximate surface area is 129 Å². The Hall–Kier alpha value is -1.99. The number of fused-ring (bicyclic) bond motifs is 1. The van der Waals surface area contributed by atoms with E-state index in [1.165, 1.54) is 0 Å². The number of hydrogen-bond acceptors (Lipinski definition) is 6. The molecule has 0 fully saturated rings. The summed E-state index contributed by atoms with van der Waals surface area (Å²) in [6.45, 7) is 2.32. The van der Waals surface area contributed by atoms with Crippen LogP contribution in [0.5, 0.6) is 17.2 Å². The van der Waals surface area contributed by atoms with Gasteiger partial charge in [-0.25, -0.2) is 0 Å². The fraction of sp³-hybridized carbons (Fsp3) is 0.533. The van der Waals surface area contributed by atoms with Crippen LogP contribution in [0.1, 0.15) is 19.8 Å². The van der Waals surface area contributed by atoms with E-state index < -0.39 is 12.1 Å². The molecular weight excluding hydrogens is 288 g/mol. The van der Waals surface area contributed by atoms with Gasteiger partial charge in [-0.1, -0.05) is 13.3 Å². The first-order valence-electron chi connectivity index (χ1n) is 7.34. The molecule has 1 aliphatic rings. The first-order valence-corrected chi connectivity index (χ1v) is 7.34. The summed E-state index contributed by atoms with van der Waals surface area (Å²) < 4.78 is 15.9. The molecular formula is C15H22N2O5. The van der Waals surface area contributed by atoms with Gasteiger partial charge in [-0.2, -0.15) is 0 Å². The highest BCUT2D eigenvalue weighted by molar-refractivity contribution is 5.81. The molecule has 0 spiro atoms. The summed E-state index contributed by atoms with van der Waals surface area (Å²) >= 11 is 0. The monoisotopic (exact) mass is 310 g/mol. The topological polar surface area (TPSA) is 103 Å². The summed E-state index contributed by atoms with van der Waals surface area (Å²) in [7, 11) is 0. The third-order valence-electron chi connectivity index (χ3n) is 3.23. The largest absolute Gasteiger partial charge is 0.491 e. The quantitative estimate of drug-likeness (QED) is 0.642. The van der Waals surface area contributed by atoms with Crippen LogP contribution < -0.4 is 25.3 Å². The van der Waals surface area contributed by atoms with Crippen LogP contribution in [-0.4, -0.2) is 43.1 Å². The molecule has 1 aromatic carbocycles. The van der Waals surface area contributed by atoms with Crippen LogP contribution in [-0.2, 0) is 4.79 Å². The van der Waals surface area contributed by atoms with Crippen LogP contribution >= 0.6 is 0 Å². The lowest BCUT2D eigenvalue weighted by Gasteiger charge is -2.15. The van der Waals surface area contributed by atoms with Crippen molar-refractivity contribution in [3.8, 4) is 17.2 Å². The van der Waals surface area contributed by atoms with E-state index in [1.807, 2.05) is 6.92 Å². The van der Waals surface area contributed by atoms with Crippen molar-refractivity contribution in [2.45, 2.75) is 31.9 Å². The molecule has 0 radical (unpaired) electrons. The van der Waals surface area contributed by atoms with E-state index in [-0.39, 0.29) is 25.9 Å². The molecule has 0 bridgehead atoms. The molecule has 22 heavy (non-hydrogen) atoms. The Bertz CT molecular complexity index is 509. The van der Waals surface area contributed by atoms with Gasteiger partial charge in [0, 0.05) is 12.6 Å².